The molecule has 3 aromatic rings. The molecule has 32 heavy (non-hydrogen) atoms. The molecule has 2 atom stereocenters. The van der Waals surface area contributed by atoms with Crippen molar-refractivity contribution in [2.75, 3.05) is 6.26 Å². The van der Waals surface area contributed by atoms with Gasteiger partial charge in [0, 0.05) is 35.8 Å². The highest BCUT2D eigenvalue weighted by atomic mass is 32.2. The molecule has 1 unspecified atom stereocenters. The van der Waals surface area contributed by atoms with E-state index in [9.17, 15) is 17.8 Å². The van der Waals surface area contributed by atoms with Crippen LogP contribution < -0.4 is 10.3 Å². The molecule has 1 aromatic heterocycles. The van der Waals surface area contributed by atoms with Crippen LogP contribution in [0.4, 0.5) is 0 Å². The summed E-state index contributed by atoms with van der Waals surface area (Å²) in [4.78, 5) is 18.2. The first kappa shape index (κ1) is 24.4. The average Bonchev–Trinajstić information content (AvgIpc) is 2.69. The number of fused-ring (bicyclic) bond motifs is 1. The van der Waals surface area contributed by atoms with Gasteiger partial charge in [-0.05, 0) is 70.5 Å². The summed E-state index contributed by atoms with van der Waals surface area (Å²) in [6.45, 7) is 9.49. The van der Waals surface area contributed by atoms with Crippen LogP contribution in [0.15, 0.2) is 46.1 Å². The van der Waals surface area contributed by atoms with Crippen molar-refractivity contribution in [3.63, 3.8) is 0 Å². The van der Waals surface area contributed by atoms with Gasteiger partial charge in [0.05, 0.1) is 21.8 Å². The SMILES string of the molecule is Cc1cc(C(C)N[S@+]([O-])C(C)(C)C)c2nc(-c3ccc(S(C)(=O)=O)cc3)n(C)c(=O)c2c1. The minimum atomic E-state index is -3.33. The quantitative estimate of drug-likeness (QED) is 0.567. The molecule has 0 aliphatic heterocycles. The Morgan fingerprint density at radius 1 is 1.16 bits per heavy atom. The third-order valence-electron chi connectivity index (χ3n) is 5.20. The Morgan fingerprint density at radius 2 is 1.75 bits per heavy atom. The van der Waals surface area contributed by atoms with Gasteiger partial charge in [0.15, 0.2) is 9.84 Å². The number of nitrogens with one attached hydrogen (secondary N) is 1. The van der Waals surface area contributed by atoms with Gasteiger partial charge < -0.3 is 4.55 Å². The number of sulfone groups is 1. The zero-order valence-electron chi connectivity index (χ0n) is 19.4. The Balaban J connectivity index is 2.19. The molecule has 0 saturated carbocycles. The summed E-state index contributed by atoms with van der Waals surface area (Å²) in [5.41, 5.74) is 2.65. The molecule has 0 aliphatic rings. The van der Waals surface area contributed by atoms with Crippen molar-refractivity contribution in [1.82, 2.24) is 14.3 Å². The van der Waals surface area contributed by atoms with E-state index in [1.807, 2.05) is 40.7 Å². The first-order valence-corrected chi connectivity index (χ1v) is 13.2. The van der Waals surface area contributed by atoms with E-state index >= 15 is 0 Å². The maximum atomic E-state index is 13.2. The van der Waals surface area contributed by atoms with Crippen LogP contribution in [-0.4, -0.2) is 33.5 Å². The maximum absolute atomic E-state index is 13.2. The van der Waals surface area contributed by atoms with E-state index < -0.39 is 25.9 Å². The minimum Gasteiger partial charge on any atom is -0.598 e. The van der Waals surface area contributed by atoms with Gasteiger partial charge in [-0.2, -0.15) is 0 Å². The van der Waals surface area contributed by atoms with Crippen LogP contribution in [0.3, 0.4) is 0 Å². The second-order valence-corrected chi connectivity index (χ2v) is 13.1. The molecule has 1 N–H and O–H groups in total. The zero-order valence-corrected chi connectivity index (χ0v) is 21.0. The van der Waals surface area contributed by atoms with E-state index in [0.29, 0.717) is 22.3 Å². The number of rotatable bonds is 5. The predicted molar refractivity (Wildman–Crippen MR) is 130 cm³/mol. The second-order valence-electron chi connectivity index (χ2n) is 9.07. The van der Waals surface area contributed by atoms with Gasteiger partial charge >= 0.3 is 0 Å². The first-order valence-electron chi connectivity index (χ1n) is 10.2. The molecule has 2 aromatic carbocycles. The summed E-state index contributed by atoms with van der Waals surface area (Å²) in [6, 6.07) is 9.75. The van der Waals surface area contributed by atoms with Crippen LogP contribution in [0, 0.1) is 6.92 Å². The van der Waals surface area contributed by atoms with Crippen molar-refractivity contribution in [3.8, 4) is 11.4 Å². The van der Waals surface area contributed by atoms with Crippen LogP contribution in [0.25, 0.3) is 22.3 Å². The van der Waals surface area contributed by atoms with E-state index in [1.54, 1.807) is 25.2 Å². The van der Waals surface area contributed by atoms with Gasteiger partial charge in [-0.15, -0.1) is 4.72 Å². The molecule has 0 fully saturated rings. The molecule has 0 spiro atoms. The smallest absolute Gasteiger partial charge is 0.261 e. The van der Waals surface area contributed by atoms with E-state index in [0.717, 1.165) is 17.4 Å². The highest BCUT2D eigenvalue weighted by Crippen LogP contribution is 2.28. The molecule has 1 heterocycles. The molecule has 172 valence electrons. The van der Waals surface area contributed by atoms with Gasteiger partial charge in [-0.3, -0.25) is 9.36 Å². The number of aryl methyl sites for hydroxylation is 1. The van der Waals surface area contributed by atoms with Gasteiger partial charge in [0.2, 0.25) is 0 Å². The number of hydrogen-bond acceptors (Lipinski definition) is 6. The van der Waals surface area contributed by atoms with E-state index in [-0.39, 0.29) is 16.5 Å². The van der Waals surface area contributed by atoms with Crippen molar-refractivity contribution in [2.45, 2.75) is 50.3 Å². The fraction of sp³-hybridized carbons (Fsp3) is 0.391. The van der Waals surface area contributed by atoms with E-state index in [4.69, 9.17) is 4.98 Å². The van der Waals surface area contributed by atoms with Gasteiger partial charge in [-0.25, -0.2) is 13.4 Å². The van der Waals surface area contributed by atoms with Gasteiger partial charge in [-0.1, -0.05) is 6.07 Å². The van der Waals surface area contributed by atoms with Crippen molar-refractivity contribution in [2.24, 2.45) is 7.05 Å². The average molecular weight is 476 g/mol. The summed E-state index contributed by atoms with van der Waals surface area (Å²) in [5, 5.41) is 0.481. The molecule has 0 saturated heterocycles. The number of hydrogen-bond donors (Lipinski definition) is 1. The largest absolute Gasteiger partial charge is 0.598 e. The number of aromatic nitrogens is 2. The lowest BCUT2D eigenvalue weighted by Crippen LogP contribution is -2.40. The van der Waals surface area contributed by atoms with Crippen LogP contribution >= 0.6 is 0 Å². The van der Waals surface area contributed by atoms with Gasteiger partial charge in [0.25, 0.3) is 5.56 Å². The Kier molecular flexibility index (Phi) is 6.59. The highest BCUT2D eigenvalue weighted by molar-refractivity contribution is 7.91. The van der Waals surface area contributed by atoms with Crippen LogP contribution in [0.2, 0.25) is 0 Å². The maximum Gasteiger partial charge on any atom is 0.261 e. The molecular formula is C23H29N3O4S2. The summed E-state index contributed by atoms with van der Waals surface area (Å²) < 4.78 is 40.4. The number of benzene rings is 2. The van der Waals surface area contributed by atoms with E-state index in [2.05, 4.69) is 4.72 Å². The van der Waals surface area contributed by atoms with Gasteiger partial charge in [0.1, 0.15) is 10.6 Å². The third kappa shape index (κ3) is 4.91. The molecular weight excluding hydrogens is 446 g/mol. The summed E-state index contributed by atoms with van der Waals surface area (Å²) >= 11 is -1.30. The predicted octanol–water partition coefficient (Wildman–Crippen LogP) is 3.43. The fourth-order valence-electron chi connectivity index (χ4n) is 3.39. The lowest BCUT2D eigenvalue weighted by molar-refractivity contribution is 0.531. The monoisotopic (exact) mass is 475 g/mol. The van der Waals surface area contributed by atoms with E-state index in [1.165, 1.54) is 16.7 Å². The molecule has 9 heteroatoms. The summed E-state index contributed by atoms with van der Waals surface area (Å²) in [5.74, 6) is 0.428. The standard InChI is InChI=1S/C23H29N3O4S2/c1-14-12-18(15(2)25-31(28)23(3,4)5)20-19(13-14)22(27)26(6)21(24-20)16-8-10-17(11-9-16)32(7,29)30/h8-13,15,25H,1-7H3/t15?,31-/m1/s1. The van der Waals surface area contributed by atoms with Crippen molar-refractivity contribution in [3.05, 3.63) is 57.9 Å². The topological polar surface area (TPSA) is 104 Å². The molecule has 0 bridgehead atoms. The lowest BCUT2D eigenvalue weighted by Gasteiger charge is -2.27. The summed E-state index contributed by atoms with van der Waals surface area (Å²) in [6.07, 6.45) is 1.15. The molecule has 3 rings (SSSR count). The second kappa shape index (κ2) is 8.62. The molecule has 7 nitrogen and oxygen atoms in total. The van der Waals surface area contributed by atoms with Crippen LogP contribution in [0.5, 0.6) is 0 Å². The Bertz CT molecular complexity index is 1320. The normalized spacial score (nSPS) is 14.5. The first-order chi connectivity index (χ1) is 14.7. The highest BCUT2D eigenvalue weighted by Gasteiger charge is 2.29. The van der Waals surface area contributed by atoms with Crippen LogP contribution in [0.1, 0.15) is 44.9 Å². The van der Waals surface area contributed by atoms with Crippen molar-refractivity contribution >= 4 is 32.1 Å². The number of nitrogens with zero attached hydrogens (tertiary/aromatic N) is 2. The fourth-order valence-corrected chi connectivity index (χ4v) is 4.82. The third-order valence-corrected chi connectivity index (χ3v) is 8.01. The molecule has 0 radical (unpaired) electrons. The Hall–Kier alpha value is -2.20. The lowest BCUT2D eigenvalue weighted by atomic mass is 10.0. The molecule has 0 aliphatic carbocycles. The van der Waals surface area contributed by atoms with Crippen LogP contribution in [-0.2, 0) is 28.2 Å². The summed E-state index contributed by atoms with van der Waals surface area (Å²) in [7, 11) is -1.68. The minimum absolute atomic E-state index is 0.200. The Labute approximate surface area is 192 Å². The Morgan fingerprint density at radius 3 is 2.28 bits per heavy atom. The van der Waals surface area contributed by atoms with Crippen molar-refractivity contribution in [1.29, 1.82) is 0 Å². The molecule has 0 amide bonds. The van der Waals surface area contributed by atoms with Crippen molar-refractivity contribution < 1.29 is 13.0 Å². The zero-order chi connectivity index (χ0) is 24.0.